The van der Waals surface area contributed by atoms with Gasteiger partial charge in [-0.2, -0.15) is 0 Å². The number of aliphatic hydroxyl groups is 4. The number of carbonyl (C=O) groups excluding carboxylic acids is 4. The number of hydrogen-bond acceptors (Lipinski definition) is 8. The molecule has 0 aromatic heterocycles. The third-order valence-corrected chi connectivity index (χ3v) is 8.03. The number of hydrogen-bond donors (Lipinski definition) is 4. The smallest absolute Gasteiger partial charge is 0.179 e. The largest absolute Gasteiger partial charge is 0.509 e. The molecule has 4 aliphatic rings. The van der Waals surface area contributed by atoms with E-state index in [1.54, 1.807) is 32.1 Å². The minimum atomic E-state index is -2.49. The molecule has 0 aromatic rings. The van der Waals surface area contributed by atoms with Gasteiger partial charge >= 0.3 is 0 Å². The van der Waals surface area contributed by atoms with Crippen LogP contribution in [0, 0.1) is 22.7 Å². The fraction of sp³-hybridized carbons (Fsp3) is 0.429. The minimum absolute atomic E-state index is 0.360. The van der Waals surface area contributed by atoms with E-state index in [4.69, 9.17) is 0 Å². The lowest BCUT2D eigenvalue weighted by Gasteiger charge is -2.66. The van der Waals surface area contributed by atoms with Gasteiger partial charge < -0.3 is 20.4 Å². The van der Waals surface area contributed by atoms with Crippen LogP contribution in [0.4, 0.5) is 0 Å². The summed E-state index contributed by atoms with van der Waals surface area (Å²) >= 11 is 0. The molecule has 3 saturated carbocycles. The van der Waals surface area contributed by atoms with Gasteiger partial charge in [-0.15, -0.1) is 0 Å². The van der Waals surface area contributed by atoms with Crippen molar-refractivity contribution in [3.05, 3.63) is 71.3 Å². The highest BCUT2D eigenvalue weighted by Gasteiger charge is 2.85. The molecule has 4 rings (SSSR count). The van der Waals surface area contributed by atoms with E-state index in [9.17, 15) is 39.6 Å². The topological polar surface area (TPSA) is 149 Å². The van der Waals surface area contributed by atoms with Gasteiger partial charge in [0, 0.05) is 23.0 Å². The average Bonchev–Trinajstić information content (AvgIpc) is 2.81. The summed E-state index contributed by atoms with van der Waals surface area (Å²) in [4.78, 5) is 55.7. The molecule has 0 heterocycles. The Hall–Kier alpha value is -3.36. The van der Waals surface area contributed by atoms with Gasteiger partial charge in [0.05, 0.1) is 0 Å². The zero-order chi connectivity index (χ0) is 27.4. The summed E-state index contributed by atoms with van der Waals surface area (Å²) in [5, 5.41) is 44.9. The van der Waals surface area contributed by atoms with Crippen LogP contribution in [-0.2, 0) is 19.2 Å². The second kappa shape index (κ2) is 8.64. The van der Waals surface area contributed by atoms with E-state index in [1.165, 1.54) is 38.2 Å². The molecule has 8 heteroatoms. The van der Waals surface area contributed by atoms with Crippen LogP contribution in [0.5, 0.6) is 0 Å². The maximum Gasteiger partial charge on any atom is 0.179 e. The molecule has 0 spiro atoms. The number of allylic oxidation sites excluding steroid dienone is 9. The Morgan fingerprint density at radius 2 is 1.39 bits per heavy atom. The molecule has 0 aromatic carbocycles. The summed E-state index contributed by atoms with van der Waals surface area (Å²) in [6.45, 7) is 8.03. The fourth-order valence-corrected chi connectivity index (χ4v) is 6.42. The normalized spacial score (nSPS) is 40.4. The minimum Gasteiger partial charge on any atom is -0.509 e. The summed E-state index contributed by atoms with van der Waals surface area (Å²) in [6, 6.07) is 0. The molecule has 0 unspecified atom stereocenters. The van der Waals surface area contributed by atoms with Crippen LogP contribution in [0.1, 0.15) is 41.5 Å². The van der Waals surface area contributed by atoms with Crippen LogP contribution in [0.25, 0.3) is 0 Å². The maximum atomic E-state index is 14.0. The predicted molar refractivity (Wildman–Crippen MR) is 132 cm³/mol. The highest BCUT2D eigenvalue weighted by molar-refractivity contribution is 6.33. The van der Waals surface area contributed by atoms with Crippen LogP contribution >= 0.6 is 0 Å². The number of aliphatic hydroxyl groups excluding tert-OH is 2. The highest BCUT2D eigenvalue weighted by atomic mass is 16.3. The first kappa shape index (κ1) is 27.2. The van der Waals surface area contributed by atoms with Crippen molar-refractivity contribution >= 4 is 23.1 Å². The van der Waals surface area contributed by atoms with Crippen molar-refractivity contribution in [2.24, 2.45) is 22.7 Å². The number of carbonyl (C=O) groups is 4. The quantitative estimate of drug-likeness (QED) is 0.196. The zero-order valence-corrected chi connectivity index (χ0v) is 21.2. The Morgan fingerprint density at radius 3 is 1.92 bits per heavy atom. The lowest BCUT2D eigenvalue weighted by molar-refractivity contribution is -0.222. The number of Topliss-reactive ketones (excluding diaryl/α,β-unsaturated/α-hetero) is 3. The van der Waals surface area contributed by atoms with Crippen molar-refractivity contribution in [1.82, 2.24) is 0 Å². The average molecular weight is 497 g/mol. The van der Waals surface area contributed by atoms with Gasteiger partial charge in [0.1, 0.15) is 33.6 Å². The monoisotopic (exact) mass is 496 g/mol. The van der Waals surface area contributed by atoms with E-state index in [0.29, 0.717) is 0 Å². The Morgan fingerprint density at radius 1 is 0.861 bits per heavy atom. The molecular formula is C28H32O8. The molecule has 0 saturated heterocycles. The van der Waals surface area contributed by atoms with Gasteiger partial charge in [-0.3, -0.25) is 19.2 Å². The highest BCUT2D eigenvalue weighted by Crippen LogP contribution is 2.70. The third kappa shape index (κ3) is 3.07. The van der Waals surface area contributed by atoms with Gasteiger partial charge in [0.25, 0.3) is 0 Å². The van der Waals surface area contributed by atoms with Crippen molar-refractivity contribution in [3.8, 4) is 0 Å². The SMILES string of the molecule is C/C=C/C=C/C(=O)[C@@]12C(=O)C(C)=C(O)[C@](C)(O)[C@@H]1[C@@H]1\C(=C(O)/C=C/C=C/C)C(=O)[C@@]2(C)C(=O)[C@@]1(C)O. The summed E-state index contributed by atoms with van der Waals surface area (Å²) < 4.78 is 0. The molecule has 3 fully saturated rings. The van der Waals surface area contributed by atoms with Gasteiger partial charge in [-0.05, 0) is 53.7 Å². The molecule has 0 aliphatic heterocycles. The Balaban J connectivity index is 2.56. The van der Waals surface area contributed by atoms with E-state index in [-0.39, 0.29) is 5.57 Å². The van der Waals surface area contributed by atoms with Gasteiger partial charge in [0.15, 0.2) is 23.1 Å². The summed E-state index contributed by atoms with van der Waals surface area (Å²) in [6.07, 6.45) is 11.4. The van der Waals surface area contributed by atoms with Crippen molar-refractivity contribution in [2.75, 3.05) is 0 Å². The third-order valence-electron chi connectivity index (χ3n) is 8.03. The summed E-state index contributed by atoms with van der Waals surface area (Å²) in [5.74, 6) is -8.63. The molecule has 4 N–H and O–H groups in total. The fourth-order valence-electron chi connectivity index (χ4n) is 6.42. The molecular weight excluding hydrogens is 464 g/mol. The predicted octanol–water partition coefficient (Wildman–Crippen LogP) is 2.94. The molecule has 2 bridgehead atoms. The first-order valence-corrected chi connectivity index (χ1v) is 11.7. The van der Waals surface area contributed by atoms with Gasteiger partial charge in [-0.25, -0.2) is 0 Å². The van der Waals surface area contributed by atoms with Crippen molar-refractivity contribution in [3.63, 3.8) is 0 Å². The molecule has 36 heavy (non-hydrogen) atoms. The van der Waals surface area contributed by atoms with Crippen LogP contribution < -0.4 is 0 Å². The Labute approximate surface area is 209 Å². The zero-order valence-electron chi connectivity index (χ0n) is 21.2. The molecule has 6 atom stereocenters. The van der Waals surface area contributed by atoms with Crippen LogP contribution in [-0.4, -0.2) is 54.8 Å². The van der Waals surface area contributed by atoms with Crippen LogP contribution in [0.2, 0.25) is 0 Å². The number of rotatable bonds is 5. The molecule has 192 valence electrons. The summed E-state index contributed by atoms with van der Waals surface area (Å²) in [5.41, 5.74) is -10.4. The van der Waals surface area contributed by atoms with Crippen LogP contribution in [0.15, 0.2) is 71.3 Å². The Bertz CT molecular complexity index is 1240. The summed E-state index contributed by atoms with van der Waals surface area (Å²) in [7, 11) is 0. The van der Waals surface area contributed by atoms with E-state index in [1.807, 2.05) is 0 Å². The van der Waals surface area contributed by atoms with Crippen molar-refractivity contribution < 1.29 is 39.6 Å². The van der Waals surface area contributed by atoms with E-state index in [2.05, 4.69) is 0 Å². The Kier molecular flexibility index (Phi) is 6.53. The standard InChI is InChI=1S/C28H32O8/c1-7-9-11-13-16(29)18-19-20-27(6,36)21(31)15(3)22(32)28(20,17(30)14-12-10-8-2)25(4,23(18)33)24(34)26(19,5)35/h7-14,19-20,29,31,35-36H,1-6H3/b9-7+,10-8+,13-11+,14-12+,18-16-/t19-,20-,25-,26-,27+,28-/m0/s1. The molecule has 0 amide bonds. The first-order valence-electron chi connectivity index (χ1n) is 11.7. The van der Waals surface area contributed by atoms with E-state index in [0.717, 1.165) is 19.9 Å². The van der Waals surface area contributed by atoms with Crippen LogP contribution in [0.3, 0.4) is 0 Å². The van der Waals surface area contributed by atoms with Gasteiger partial charge in [-0.1, -0.05) is 36.5 Å². The molecule has 8 nitrogen and oxygen atoms in total. The number of ketones is 4. The van der Waals surface area contributed by atoms with E-state index < -0.39 is 74.1 Å². The maximum absolute atomic E-state index is 14.0. The lowest BCUT2D eigenvalue weighted by atomic mass is 9.32. The molecule has 4 aliphatic carbocycles. The molecule has 0 radical (unpaired) electrons. The second-order valence-corrected chi connectivity index (χ2v) is 10.1. The van der Waals surface area contributed by atoms with Gasteiger partial charge in [0.2, 0.25) is 0 Å². The van der Waals surface area contributed by atoms with Crippen molar-refractivity contribution in [2.45, 2.75) is 52.7 Å². The van der Waals surface area contributed by atoms with E-state index >= 15 is 0 Å². The van der Waals surface area contributed by atoms with Crippen molar-refractivity contribution in [1.29, 1.82) is 0 Å². The first-order chi connectivity index (χ1) is 16.6. The number of fused-ring (bicyclic) bond motifs is 2. The second-order valence-electron chi connectivity index (χ2n) is 10.1. The lowest BCUT2D eigenvalue weighted by Crippen LogP contribution is -2.82.